The first-order valence-corrected chi connectivity index (χ1v) is 13.1. The Balaban J connectivity index is 1.52. The lowest BCUT2D eigenvalue weighted by Crippen LogP contribution is -2.33. The fourth-order valence-corrected chi connectivity index (χ4v) is 4.77. The number of fused-ring (bicyclic) bond motifs is 2. The first-order valence-electron chi connectivity index (χ1n) is 13.1. The minimum Gasteiger partial charge on any atom is -0.486 e. The average Bonchev–Trinajstić information content (AvgIpc) is 3.39. The van der Waals surface area contributed by atoms with E-state index in [2.05, 4.69) is 37.3 Å². The van der Waals surface area contributed by atoms with Crippen LogP contribution >= 0.6 is 0 Å². The molecule has 0 aliphatic carbocycles. The second-order valence-electron chi connectivity index (χ2n) is 9.28. The molecule has 12 nitrogen and oxygen atoms in total. The Bertz CT molecular complexity index is 1490. The van der Waals surface area contributed by atoms with Crippen LogP contribution in [0.1, 0.15) is 49.7 Å². The normalized spacial score (nSPS) is 13.5. The standard InChI is InChI=1S/C27H31N7O5/c1-3-6-22(26-30-31-32-34(26)17-25(35)37-4-2)33(15-18-7-5-8-28-14-18)16-20-11-19-12-23-24(39-10-9-38-23)13-21(19)29-27(20)36/h5,7-8,11-14,22H,3-4,6,9-10,15-17H2,1-2H3,(H,29,36)/t22-/m1/s1. The quantitative estimate of drug-likeness (QED) is 0.287. The van der Waals surface area contributed by atoms with Crippen LogP contribution in [0.4, 0.5) is 0 Å². The van der Waals surface area contributed by atoms with Gasteiger partial charge in [0, 0.05) is 42.5 Å². The van der Waals surface area contributed by atoms with Crippen molar-refractivity contribution in [2.24, 2.45) is 0 Å². The van der Waals surface area contributed by atoms with Gasteiger partial charge in [0.05, 0.1) is 18.2 Å². The number of nitrogens with zero attached hydrogens (tertiary/aromatic N) is 6. The number of hydrogen-bond acceptors (Lipinski definition) is 10. The highest BCUT2D eigenvalue weighted by Gasteiger charge is 2.28. The molecular formula is C27H31N7O5. The third kappa shape index (κ3) is 6.06. The Morgan fingerprint density at radius 1 is 1.18 bits per heavy atom. The van der Waals surface area contributed by atoms with E-state index >= 15 is 0 Å². The van der Waals surface area contributed by atoms with Crippen LogP contribution in [0.5, 0.6) is 11.5 Å². The minimum atomic E-state index is -0.416. The first kappa shape index (κ1) is 26.3. The lowest BCUT2D eigenvalue weighted by Gasteiger charge is -2.30. The molecule has 0 saturated carbocycles. The molecular weight excluding hydrogens is 502 g/mol. The lowest BCUT2D eigenvalue weighted by atomic mass is 10.1. The number of rotatable bonds is 11. The van der Waals surface area contributed by atoms with Crippen molar-refractivity contribution in [3.05, 3.63) is 70.0 Å². The van der Waals surface area contributed by atoms with E-state index in [1.165, 1.54) is 4.68 Å². The van der Waals surface area contributed by atoms with Crippen LogP contribution in [0.25, 0.3) is 10.9 Å². The molecule has 1 N–H and O–H groups in total. The number of nitrogens with one attached hydrogen (secondary N) is 1. The number of benzene rings is 1. The number of aromatic nitrogens is 6. The fraction of sp³-hybridized carbons (Fsp3) is 0.407. The summed E-state index contributed by atoms with van der Waals surface area (Å²) in [5.41, 5.74) is 2.03. The van der Waals surface area contributed by atoms with Gasteiger partial charge in [-0.2, -0.15) is 0 Å². The average molecular weight is 534 g/mol. The molecule has 1 atom stereocenters. The number of pyridine rings is 2. The SMILES string of the molecule is CCC[C@H](c1nnnn1CC(=O)OCC)N(Cc1cccnc1)Cc1cc2cc3c(cc2[nH]c1=O)OCCO3. The molecule has 39 heavy (non-hydrogen) atoms. The Labute approximate surface area is 224 Å². The topological polar surface area (TPSA) is 137 Å². The van der Waals surface area contributed by atoms with Crippen molar-refractivity contribution < 1.29 is 19.0 Å². The Morgan fingerprint density at radius 3 is 2.74 bits per heavy atom. The second kappa shape index (κ2) is 12.0. The van der Waals surface area contributed by atoms with Gasteiger partial charge >= 0.3 is 5.97 Å². The number of ether oxygens (including phenoxy) is 3. The molecule has 5 rings (SSSR count). The maximum absolute atomic E-state index is 13.3. The van der Waals surface area contributed by atoms with Gasteiger partial charge < -0.3 is 19.2 Å². The third-order valence-corrected chi connectivity index (χ3v) is 6.51. The zero-order chi connectivity index (χ0) is 27.2. The van der Waals surface area contributed by atoms with Gasteiger partial charge in [-0.25, -0.2) is 4.68 Å². The van der Waals surface area contributed by atoms with E-state index in [0.717, 1.165) is 17.4 Å². The van der Waals surface area contributed by atoms with Gasteiger partial charge in [-0.15, -0.1) is 5.10 Å². The molecule has 0 spiro atoms. The summed E-state index contributed by atoms with van der Waals surface area (Å²) in [6.45, 7) is 5.75. The summed E-state index contributed by atoms with van der Waals surface area (Å²) in [5.74, 6) is 1.39. The van der Waals surface area contributed by atoms with Crippen LogP contribution < -0.4 is 15.0 Å². The molecule has 0 fully saturated rings. The molecule has 0 bridgehead atoms. The summed E-state index contributed by atoms with van der Waals surface area (Å²) in [5, 5.41) is 13.1. The highest BCUT2D eigenvalue weighted by atomic mass is 16.6. The molecule has 0 saturated heterocycles. The van der Waals surface area contributed by atoms with Gasteiger partial charge in [-0.05, 0) is 47.5 Å². The summed E-state index contributed by atoms with van der Waals surface area (Å²) in [6, 6.07) is 9.15. The zero-order valence-corrected chi connectivity index (χ0v) is 22.0. The summed E-state index contributed by atoms with van der Waals surface area (Å²) in [4.78, 5) is 34.9. The van der Waals surface area contributed by atoms with E-state index in [1.807, 2.05) is 24.3 Å². The Morgan fingerprint density at radius 2 is 2.00 bits per heavy atom. The van der Waals surface area contributed by atoms with E-state index in [4.69, 9.17) is 14.2 Å². The highest BCUT2D eigenvalue weighted by Crippen LogP contribution is 2.34. The predicted molar refractivity (Wildman–Crippen MR) is 141 cm³/mol. The largest absolute Gasteiger partial charge is 0.486 e. The molecule has 0 unspecified atom stereocenters. The molecule has 204 valence electrons. The first-order chi connectivity index (χ1) is 19.1. The second-order valence-corrected chi connectivity index (χ2v) is 9.28. The van der Waals surface area contributed by atoms with Crippen molar-refractivity contribution in [2.75, 3.05) is 19.8 Å². The van der Waals surface area contributed by atoms with Crippen molar-refractivity contribution in [3.63, 3.8) is 0 Å². The van der Waals surface area contributed by atoms with Gasteiger partial charge in [-0.3, -0.25) is 19.5 Å². The smallest absolute Gasteiger partial charge is 0.327 e. The van der Waals surface area contributed by atoms with Gasteiger partial charge in [-0.1, -0.05) is 19.4 Å². The summed E-state index contributed by atoms with van der Waals surface area (Å²) in [7, 11) is 0. The molecule has 12 heteroatoms. The number of carbonyl (C=O) groups is 1. The fourth-order valence-electron chi connectivity index (χ4n) is 4.77. The molecule has 1 aliphatic heterocycles. The van der Waals surface area contributed by atoms with Crippen LogP contribution in [-0.2, 0) is 29.2 Å². The van der Waals surface area contributed by atoms with Gasteiger partial charge in [0.25, 0.3) is 5.56 Å². The Kier molecular flexibility index (Phi) is 8.11. The molecule has 4 heterocycles. The van der Waals surface area contributed by atoms with Crippen LogP contribution in [0, 0.1) is 0 Å². The molecule has 1 aliphatic rings. The number of hydrogen-bond donors (Lipinski definition) is 1. The summed E-state index contributed by atoms with van der Waals surface area (Å²) < 4.78 is 18.0. The highest BCUT2D eigenvalue weighted by molar-refractivity contribution is 5.83. The van der Waals surface area contributed by atoms with Gasteiger partial charge in [0.15, 0.2) is 17.3 Å². The molecule has 0 amide bonds. The molecule has 3 aromatic heterocycles. The van der Waals surface area contributed by atoms with Gasteiger partial charge in [0.2, 0.25) is 0 Å². The van der Waals surface area contributed by atoms with Crippen LogP contribution in [-0.4, -0.2) is 60.9 Å². The van der Waals surface area contributed by atoms with Gasteiger partial charge in [0.1, 0.15) is 19.8 Å². The predicted octanol–water partition coefficient (Wildman–Crippen LogP) is 2.79. The number of tetrazole rings is 1. The van der Waals surface area contributed by atoms with E-state index in [9.17, 15) is 9.59 Å². The Hall–Kier alpha value is -4.32. The van der Waals surface area contributed by atoms with E-state index in [1.54, 1.807) is 25.4 Å². The van der Waals surface area contributed by atoms with Crippen molar-refractivity contribution in [1.82, 2.24) is 35.1 Å². The number of esters is 1. The van der Waals surface area contributed by atoms with E-state index in [-0.39, 0.29) is 24.8 Å². The maximum atomic E-state index is 13.3. The van der Waals surface area contributed by atoms with Crippen LogP contribution in [0.15, 0.2) is 47.5 Å². The molecule has 1 aromatic carbocycles. The van der Waals surface area contributed by atoms with Crippen molar-refractivity contribution in [1.29, 1.82) is 0 Å². The lowest BCUT2D eigenvalue weighted by molar-refractivity contribution is -0.144. The summed E-state index contributed by atoms with van der Waals surface area (Å²) >= 11 is 0. The van der Waals surface area contributed by atoms with Crippen molar-refractivity contribution in [3.8, 4) is 11.5 Å². The third-order valence-electron chi connectivity index (χ3n) is 6.51. The van der Waals surface area contributed by atoms with Crippen molar-refractivity contribution >= 4 is 16.9 Å². The summed E-state index contributed by atoms with van der Waals surface area (Å²) in [6.07, 6.45) is 5.05. The van der Waals surface area contributed by atoms with Crippen LogP contribution in [0.3, 0.4) is 0 Å². The number of aromatic amines is 1. The monoisotopic (exact) mass is 533 g/mol. The molecule has 0 radical (unpaired) electrons. The van der Waals surface area contributed by atoms with Crippen molar-refractivity contribution in [2.45, 2.75) is 52.4 Å². The van der Waals surface area contributed by atoms with E-state index in [0.29, 0.717) is 61.1 Å². The van der Waals surface area contributed by atoms with Crippen LogP contribution in [0.2, 0.25) is 0 Å². The number of H-pyrrole nitrogens is 1. The molecule has 4 aromatic rings. The number of carbonyl (C=O) groups excluding carboxylic acids is 1. The minimum absolute atomic E-state index is 0.0964. The van der Waals surface area contributed by atoms with E-state index < -0.39 is 5.97 Å². The zero-order valence-electron chi connectivity index (χ0n) is 22.0. The maximum Gasteiger partial charge on any atom is 0.327 e.